The quantitative estimate of drug-likeness (QED) is 0.906. The molecule has 1 fully saturated rings. The van der Waals surface area contributed by atoms with Gasteiger partial charge < -0.3 is 15.0 Å². The van der Waals surface area contributed by atoms with Crippen molar-refractivity contribution in [2.45, 2.75) is 13.1 Å². The van der Waals surface area contributed by atoms with Crippen molar-refractivity contribution in [1.82, 2.24) is 15.1 Å². The third-order valence-corrected chi connectivity index (χ3v) is 4.98. The largest absolute Gasteiger partial charge is 0.497 e. The van der Waals surface area contributed by atoms with Crippen LogP contribution in [0.2, 0.25) is 0 Å². The molecule has 3 rings (SSSR count). The molecule has 1 aromatic heterocycles. The number of thiophene rings is 1. The predicted octanol–water partition coefficient (Wildman–Crippen LogP) is 2.78. The number of rotatable bonds is 5. The maximum absolute atomic E-state index is 12.3. The number of benzene rings is 1. The number of methoxy groups -OCH3 is 1. The van der Waals surface area contributed by atoms with Crippen molar-refractivity contribution in [1.29, 1.82) is 0 Å². The lowest BCUT2D eigenvalue weighted by atomic mass is 10.2. The van der Waals surface area contributed by atoms with Crippen LogP contribution >= 0.6 is 11.3 Å². The highest BCUT2D eigenvalue weighted by atomic mass is 32.1. The lowest BCUT2D eigenvalue weighted by molar-refractivity contribution is 0.135. The number of amides is 2. The molecule has 0 aliphatic carbocycles. The fourth-order valence-electron chi connectivity index (χ4n) is 2.78. The van der Waals surface area contributed by atoms with Crippen LogP contribution in [0, 0.1) is 0 Å². The van der Waals surface area contributed by atoms with Gasteiger partial charge in [0, 0.05) is 39.3 Å². The molecule has 2 heterocycles. The third kappa shape index (κ3) is 4.49. The smallest absolute Gasteiger partial charge is 0.317 e. The second-order valence-corrected chi connectivity index (χ2v) is 6.68. The Morgan fingerprint density at radius 1 is 1.12 bits per heavy atom. The molecule has 1 saturated heterocycles. The van der Waals surface area contributed by atoms with E-state index in [2.05, 4.69) is 27.0 Å². The van der Waals surface area contributed by atoms with Crippen LogP contribution in [0.15, 0.2) is 41.1 Å². The fraction of sp³-hybridized carbons (Fsp3) is 0.389. The van der Waals surface area contributed by atoms with Crippen LogP contribution < -0.4 is 10.1 Å². The monoisotopic (exact) mass is 345 g/mol. The number of carbonyl (C=O) groups is 1. The van der Waals surface area contributed by atoms with Crippen LogP contribution in [0.4, 0.5) is 4.79 Å². The van der Waals surface area contributed by atoms with E-state index in [9.17, 15) is 4.79 Å². The first-order valence-corrected chi connectivity index (χ1v) is 9.08. The summed E-state index contributed by atoms with van der Waals surface area (Å²) in [6.07, 6.45) is 0. The zero-order chi connectivity index (χ0) is 16.8. The van der Waals surface area contributed by atoms with Gasteiger partial charge in [0.1, 0.15) is 5.75 Å². The molecule has 0 bridgehead atoms. The van der Waals surface area contributed by atoms with Crippen molar-refractivity contribution in [3.05, 3.63) is 52.2 Å². The minimum Gasteiger partial charge on any atom is -0.497 e. The Hall–Kier alpha value is -2.05. The average Bonchev–Trinajstić information content (AvgIpc) is 3.14. The molecule has 0 unspecified atom stereocenters. The lowest BCUT2D eigenvalue weighted by Gasteiger charge is -2.34. The first kappa shape index (κ1) is 16.8. The number of hydrogen-bond acceptors (Lipinski definition) is 4. The van der Waals surface area contributed by atoms with Crippen LogP contribution in [-0.2, 0) is 13.1 Å². The van der Waals surface area contributed by atoms with E-state index in [1.54, 1.807) is 18.4 Å². The molecule has 2 amide bonds. The summed E-state index contributed by atoms with van der Waals surface area (Å²) in [5.74, 6) is 0.826. The van der Waals surface area contributed by atoms with E-state index in [0.717, 1.165) is 44.0 Å². The molecule has 6 heteroatoms. The van der Waals surface area contributed by atoms with Crippen molar-refractivity contribution in [2.24, 2.45) is 0 Å². The van der Waals surface area contributed by atoms with Gasteiger partial charge in [-0.1, -0.05) is 12.1 Å². The van der Waals surface area contributed by atoms with Crippen LogP contribution in [0.1, 0.15) is 11.1 Å². The molecule has 0 atom stereocenters. The summed E-state index contributed by atoms with van der Waals surface area (Å²) in [4.78, 5) is 16.6. The molecule has 5 nitrogen and oxygen atoms in total. The third-order valence-electron chi connectivity index (χ3n) is 4.25. The molecule has 1 aliphatic heterocycles. The highest BCUT2D eigenvalue weighted by Gasteiger charge is 2.20. The van der Waals surface area contributed by atoms with Crippen molar-refractivity contribution >= 4 is 17.4 Å². The van der Waals surface area contributed by atoms with E-state index in [-0.39, 0.29) is 6.03 Å². The Morgan fingerprint density at radius 3 is 2.50 bits per heavy atom. The van der Waals surface area contributed by atoms with Gasteiger partial charge in [0.05, 0.1) is 7.11 Å². The fourth-order valence-corrected chi connectivity index (χ4v) is 3.44. The SMILES string of the molecule is COc1ccc(CNC(=O)N2CCN(Cc3ccsc3)CC2)cc1. The van der Waals surface area contributed by atoms with E-state index in [1.165, 1.54) is 5.56 Å². The predicted molar refractivity (Wildman–Crippen MR) is 96.4 cm³/mol. The number of nitrogens with zero attached hydrogens (tertiary/aromatic N) is 2. The van der Waals surface area contributed by atoms with Gasteiger partial charge in [-0.3, -0.25) is 4.90 Å². The lowest BCUT2D eigenvalue weighted by Crippen LogP contribution is -2.51. The van der Waals surface area contributed by atoms with Gasteiger partial charge in [0.2, 0.25) is 0 Å². The Kier molecular flexibility index (Phi) is 5.72. The molecule has 2 aromatic rings. The molecular weight excluding hydrogens is 322 g/mol. The van der Waals surface area contributed by atoms with E-state index in [1.807, 2.05) is 29.2 Å². The zero-order valence-electron chi connectivity index (χ0n) is 13.9. The van der Waals surface area contributed by atoms with Crippen molar-refractivity contribution in [2.75, 3.05) is 33.3 Å². The summed E-state index contributed by atoms with van der Waals surface area (Å²) >= 11 is 1.73. The topological polar surface area (TPSA) is 44.8 Å². The van der Waals surface area contributed by atoms with E-state index >= 15 is 0 Å². The number of ether oxygens (including phenoxy) is 1. The number of piperazine rings is 1. The van der Waals surface area contributed by atoms with E-state index in [4.69, 9.17) is 4.74 Å². The van der Waals surface area contributed by atoms with Gasteiger partial charge in [-0.2, -0.15) is 11.3 Å². The maximum atomic E-state index is 12.3. The summed E-state index contributed by atoms with van der Waals surface area (Å²) < 4.78 is 5.14. The average molecular weight is 345 g/mol. The summed E-state index contributed by atoms with van der Waals surface area (Å²) in [7, 11) is 1.65. The van der Waals surface area contributed by atoms with Gasteiger partial charge in [0.25, 0.3) is 0 Å². The summed E-state index contributed by atoms with van der Waals surface area (Å²) in [6, 6.07) is 9.94. The van der Waals surface area contributed by atoms with Crippen LogP contribution in [-0.4, -0.2) is 49.1 Å². The van der Waals surface area contributed by atoms with Crippen molar-refractivity contribution in [3.63, 3.8) is 0 Å². The van der Waals surface area contributed by atoms with Gasteiger partial charge in [0.15, 0.2) is 0 Å². The second-order valence-electron chi connectivity index (χ2n) is 5.90. The number of carbonyl (C=O) groups excluding carboxylic acids is 1. The Bertz CT molecular complexity index is 635. The normalized spacial score (nSPS) is 15.3. The van der Waals surface area contributed by atoms with E-state index in [0.29, 0.717) is 6.54 Å². The van der Waals surface area contributed by atoms with E-state index < -0.39 is 0 Å². The Labute approximate surface area is 146 Å². The number of urea groups is 1. The second kappa shape index (κ2) is 8.17. The Morgan fingerprint density at radius 2 is 1.88 bits per heavy atom. The molecule has 128 valence electrons. The highest BCUT2D eigenvalue weighted by molar-refractivity contribution is 7.07. The molecular formula is C18H23N3O2S. The summed E-state index contributed by atoms with van der Waals surface area (Å²) in [6.45, 7) is 4.91. The maximum Gasteiger partial charge on any atom is 0.317 e. The van der Waals surface area contributed by atoms with Crippen LogP contribution in [0.25, 0.3) is 0 Å². The Balaban J connectivity index is 1.41. The first-order valence-electron chi connectivity index (χ1n) is 8.14. The molecule has 0 saturated carbocycles. The zero-order valence-corrected chi connectivity index (χ0v) is 14.7. The standard InChI is InChI=1S/C18H23N3O2S/c1-23-17-4-2-15(3-5-17)12-19-18(22)21-9-7-20(8-10-21)13-16-6-11-24-14-16/h2-6,11,14H,7-10,12-13H2,1H3,(H,19,22). The summed E-state index contributed by atoms with van der Waals surface area (Å²) in [5, 5.41) is 7.29. The summed E-state index contributed by atoms with van der Waals surface area (Å²) in [5.41, 5.74) is 2.43. The van der Waals surface area contributed by atoms with Crippen molar-refractivity contribution < 1.29 is 9.53 Å². The molecule has 1 N–H and O–H groups in total. The minimum atomic E-state index is 0.0148. The van der Waals surface area contributed by atoms with Gasteiger partial charge >= 0.3 is 6.03 Å². The van der Waals surface area contributed by atoms with Crippen LogP contribution in [0.5, 0.6) is 5.75 Å². The molecule has 24 heavy (non-hydrogen) atoms. The number of nitrogens with one attached hydrogen (secondary N) is 1. The van der Waals surface area contributed by atoms with Gasteiger partial charge in [-0.25, -0.2) is 4.79 Å². The van der Waals surface area contributed by atoms with Crippen molar-refractivity contribution in [3.8, 4) is 5.75 Å². The molecule has 1 aromatic carbocycles. The molecule has 0 spiro atoms. The molecule has 1 aliphatic rings. The van der Waals surface area contributed by atoms with Gasteiger partial charge in [-0.15, -0.1) is 0 Å². The van der Waals surface area contributed by atoms with Crippen LogP contribution in [0.3, 0.4) is 0 Å². The first-order chi connectivity index (χ1) is 11.7. The highest BCUT2D eigenvalue weighted by Crippen LogP contribution is 2.13. The minimum absolute atomic E-state index is 0.0148. The number of hydrogen-bond donors (Lipinski definition) is 1. The molecule has 0 radical (unpaired) electrons. The van der Waals surface area contributed by atoms with Gasteiger partial charge in [-0.05, 0) is 40.1 Å².